The third-order valence-corrected chi connectivity index (χ3v) is 3.75. The van der Waals surface area contributed by atoms with E-state index in [1.165, 1.54) is 12.1 Å². The molecule has 0 unspecified atom stereocenters. The monoisotopic (exact) mass is 424 g/mol. The Bertz CT molecular complexity index is 777. The second kappa shape index (κ2) is 11.6. The van der Waals surface area contributed by atoms with Crippen LogP contribution in [0.1, 0.15) is 38.8 Å². The molecule has 0 aliphatic carbocycles. The molecule has 0 bridgehead atoms. The molecule has 0 atom stereocenters. The predicted octanol–water partition coefficient (Wildman–Crippen LogP) is 4.23. The molecule has 0 fully saturated rings. The molecule has 0 aliphatic rings. The van der Waals surface area contributed by atoms with Crippen LogP contribution in [0.2, 0.25) is 0 Å². The maximum atomic E-state index is 13.0. The molecule has 7 heteroatoms. The van der Waals surface area contributed by atoms with E-state index in [-0.39, 0.29) is 36.3 Å². The Balaban J connectivity index is 0.00000420. The number of carbonyl (C=O) groups excluding carboxylic acids is 1. The molecule has 2 rings (SSSR count). The summed E-state index contributed by atoms with van der Waals surface area (Å²) in [5.41, 5.74) is 1.73. The molecule has 1 amide bonds. The van der Waals surface area contributed by atoms with Gasteiger partial charge in [-0.05, 0) is 63.1 Å². The van der Waals surface area contributed by atoms with E-state index in [2.05, 4.69) is 10.6 Å². The van der Waals surface area contributed by atoms with Gasteiger partial charge in [-0.1, -0.05) is 18.2 Å². The molecular formula is C22H30ClFN2O3. The van der Waals surface area contributed by atoms with Gasteiger partial charge in [-0.15, -0.1) is 12.4 Å². The fourth-order valence-electron chi connectivity index (χ4n) is 2.60. The van der Waals surface area contributed by atoms with Crippen LogP contribution < -0.4 is 20.1 Å². The van der Waals surface area contributed by atoms with Gasteiger partial charge in [0.15, 0.2) is 18.1 Å². The van der Waals surface area contributed by atoms with Gasteiger partial charge in [0, 0.05) is 18.6 Å². The first kappa shape index (κ1) is 24.7. The number of benzene rings is 2. The summed E-state index contributed by atoms with van der Waals surface area (Å²) in [5, 5.41) is 6.18. The number of hydrogen-bond acceptors (Lipinski definition) is 4. The third kappa shape index (κ3) is 9.15. The van der Waals surface area contributed by atoms with Gasteiger partial charge in [-0.2, -0.15) is 0 Å². The summed E-state index contributed by atoms with van der Waals surface area (Å²) in [7, 11) is 0. The van der Waals surface area contributed by atoms with Crippen molar-refractivity contribution in [3.63, 3.8) is 0 Å². The normalized spacial score (nSPS) is 10.8. The average molecular weight is 425 g/mol. The molecule has 0 saturated carbocycles. The van der Waals surface area contributed by atoms with Crippen molar-refractivity contribution >= 4 is 18.3 Å². The Morgan fingerprint density at radius 3 is 2.21 bits per heavy atom. The van der Waals surface area contributed by atoms with Crippen LogP contribution in [0.15, 0.2) is 42.5 Å². The Hall–Kier alpha value is -2.31. The van der Waals surface area contributed by atoms with Gasteiger partial charge in [0.05, 0.1) is 6.61 Å². The van der Waals surface area contributed by atoms with Gasteiger partial charge < -0.3 is 20.1 Å². The highest BCUT2D eigenvalue weighted by Crippen LogP contribution is 2.28. The maximum Gasteiger partial charge on any atom is 0.258 e. The molecule has 160 valence electrons. The van der Waals surface area contributed by atoms with Crippen LogP contribution in [0.5, 0.6) is 11.5 Å². The van der Waals surface area contributed by atoms with Crippen molar-refractivity contribution in [2.24, 2.45) is 0 Å². The lowest BCUT2D eigenvalue weighted by Gasteiger charge is -2.21. The number of amides is 1. The van der Waals surface area contributed by atoms with Crippen molar-refractivity contribution in [3.05, 3.63) is 59.4 Å². The number of halogens is 2. The second-order valence-corrected chi connectivity index (χ2v) is 7.53. The first-order valence-electron chi connectivity index (χ1n) is 9.41. The summed E-state index contributed by atoms with van der Waals surface area (Å²) < 4.78 is 24.3. The highest BCUT2D eigenvalue weighted by Gasteiger charge is 2.15. The second-order valence-electron chi connectivity index (χ2n) is 7.53. The Morgan fingerprint density at radius 2 is 1.59 bits per heavy atom. The molecule has 5 nitrogen and oxygen atoms in total. The lowest BCUT2D eigenvalue weighted by molar-refractivity contribution is -0.124. The van der Waals surface area contributed by atoms with Gasteiger partial charge >= 0.3 is 0 Å². The lowest BCUT2D eigenvalue weighted by atomic mass is 10.1. The molecule has 0 saturated heterocycles. The van der Waals surface area contributed by atoms with Crippen LogP contribution in [0.3, 0.4) is 0 Å². The Kier molecular flexibility index (Phi) is 9.92. The van der Waals surface area contributed by atoms with Crippen molar-refractivity contribution in [3.8, 4) is 11.5 Å². The van der Waals surface area contributed by atoms with E-state index in [1.807, 2.05) is 45.9 Å². The smallest absolute Gasteiger partial charge is 0.258 e. The first-order chi connectivity index (χ1) is 13.3. The highest BCUT2D eigenvalue weighted by atomic mass is 35.5. The summed E-state index contributed by atoms with van der Waals surface area (Å²) in [6.07, 6.45) is 0. The molecule has 2 aromatic carbocycles. The summed E-state index contributed by atoms with van der Waals surface area (Å²) in [4.78, 5) is 12.0. The number of carbonyl (C=O) groups is 1. The molecule has 2 aromatic rings. The average Bonchev–Trinajstić information content (AvgIpc) is 2.61. The zero-order chi connectivity index (χ0) is 20.6. The molecule has 0 heterocycles. The molecule has 2 N–H and O–H groups in total. The number of nitrogens with one attached hydrogen (secondary N) is 2. The summed E-state index contributed by atoms with van der Waals surface area (Å²) in [5.74, 6) is 0.720. The minimum atomic E-state index is -0.302. The zero-order valence-corrected chi connectivity index (χ0v) is 18.2. The van der Waals surface area contributed by atoms with Crippen LogP contribution in [-0.2, 0) is 17.9 Å². The van der Waals surface area contributed by atoms with E-state index in [0.717, 1.165) is 11.1 Å². The largest absolute Gasteiger partial charge is 0.490 e. The molecule has 0 aromatic heterocycles. The summed E-state index contributed by atoms with van der Waals surface area (Å²) in [6.45, 7) is 9.35. The topological polar surface area (TPSA) is 59.6 Å². The van der Waals surface area contributed by atoms with E-state index in [9.17, 15) is 9.18 Å². The molecule has 0 spiro atoms. The molecule has 0 aliphatic heterocycles. The SMILES string of the molecule is CCOc1cc(CNCc2ccc(F)cc2)ccc1OCC(=O)NC(C)(C)C.Cl. The third-order valence-electron chi connectivity index (χ3n) is 3.75. The maximum absolute atomic E-state index is 13.0. The summed E-state index contributed by atoms with van der Waals surface area (Å²) in [6, 6.07) is 12.1. The van der Waals surface area contributed by atoms with E-state index < -0.39 is 0 Å². The summed E-state index contributed by atoms with van der Waals surface area (Å²) >= 11 is 0. The van der Waals surface area contributed by atoms with Gasteiger partial charge in [0.1, 0.15) is 5.82 Å². The van der Waals surface area contributed by atoms with Crippen LogP contribution in [0, 0.1) is 5.82 Å². The molecule has 29 heavy (non-hydrogen) atoms. The number of rotatable bonds is 9. The number of hydrogen-bond donors (Lipinski definition) is 2. The van der Waals surface area contributed by atoms with E-state index in [0.29, 0.717) is 31.2 Å². The van der Waals surface area contributed by atoms with Crippen molar-refractivity contribution in [2.75, 3.05) is 13.2 Å². The first-order valence-corrected chi connectivity index (χ1v) is 9.41. The predicted molar refractivity (Wildman–Crippen MR) is 115 cm³/mol. The molecule has 0 radical (unpaired) electrons. The van der Waals surface area contributed by atoms with Gasteiger partial charge in [-0.25, -0.2) is 4.39 Å². The standard InChI is InChI=1S/C22H29FN2O3.ClH/c1-5-27-20-12-17(14-24-13-16-6-9-18(23)10-7-16)8-11-19(20)28-15-21(26)25-22(2,3)4;/h6-12,24H,5,13-15H2,1-4H3,(H,25,26);1H. The Morgan fingerprint density at radius 1 is 0.966 bits per heavy atom. The van der Waals surface area contributed by atoms with Crippen LogP contribution in [0.25, 0.3) is 0 Å². The van der Waals surface area contributed by atoms with Gasteiger partial charge in [0.2, 0.25) is 0 Å². The zero-order valence-electron chi connectivity index (χ0n) is 17.4. The van der Waals surface area contributed by atoms with Gasteiger partial charge in [-0.3, -0.25) is 4.79 Å². The van der Waals surface area contributed by atoms with E-state index in [1.54, 1.807) is 12.1 Å². The van der Waals surface area contributed by atoms with Crippen molar-refractivity contribution < 1.29 is 18.7 Å². The Labute approximate surface area is 178 Å². The fraction of sp³-hybridized carbons (Fsp3) is 0.409. The lowest BCUT2D eigenvalue weighted by Crippen LogP contribution is -2.43. The minimum Gasteiger partial charge on any atom is -0.490 e. The fourth-order valence-corrected chi connectivity index (χ4v) is 2.60. The van der Waals surface area contributed by atoms with Crippen molar-refractivity contribution in [1.29, 1.82) is 0 Å². The highest BCUT2D eigenvalue weighted by molar-refractivity contribution is 5.85. The molecular weight excluding hydrogens is 395 g/mol. The van der Waals surface area contributed by atoms with Crippen LogP contribution >= 0.6 is 12.4 Å². The van der Waals surface area contributed by atoms with Crippen molar-refractivity contribution in [2.45, 2.75) is 46.3 Å². The van der Waals surface area contributed by atoms with Crippen molar-refractivity contribution in [1.82, 2.24) is 10.6 Å². The van der Waals surface area contributed by atoms with Crippen LogP contribution in [-0.4, -0.2) is 24.7 Å². The van der Waals surface area contributed by atoms with Gasteiger partial charge in [0.25, 0.3) is 5.91 Å². The number of ether oxygens (including phenoxy) is 2. The van der Waals surface area contributed by atoms with E-state index in [4.69, 9.17) is 9.47 Å². The van der Waals surface area contributed by atoms with E-state index >= 15 is 0 Å². The minimum absolute atomic E-state index is 0. The van der Waals surface area contributed by atoms with Crippen LogP contribution in [0.4, 0.5) is 4.39 Å². The quantitative estimate of drug-likeness (QED) is 0.632.